The van der Waals surface area contributed by atoms with Gasteiger partial charge in [-0.1, -0.05) is 19.1 Å². The molecule has 0 spiro atoms. The van der Waals surface area contributed by atoms with E-state index in [1.165, 1.54) is 31.5 Å². The molecule has 2 saturated heterocycles. The Balaban J connectivity index is 0.00000208. The summed E-state index contributed by atoms with van der Waals surface area (Å²) >= 11 is 0. The lowest BCUT2D eigenvalue weighted by Crippen LogP contribution is -2.34. The number of rotatable bonds is 4. The van der Waals surface area contributed by atoms with Gasteiger partial charge in [-0.05, 0) is 68.9 Å². The third-order valence-electron chi connectivity index (χ3n) is 5.08. The molecule has 0 bridgehead atoms. The molecule has 5 heteroatoms. The number of hydrogen-bond donors (Lipinski definition) is 2. The average molecular weight is 352 g/mol. The van der Waals surface area contributed by atoms with Crippen LogP contribution >= 0.6 is 12.4 Å². The van der Waals surface area contributed by atoms with Crippen LogP contribution in [0.4, 0.5) is 5.69 Å². The first-order valence-electron chi connectivity index (χ1n) is 9.03. The van der Waals surface area contributed by atoms with Crippen LogP contribution in [0.2, 0.25) is 0 Å². The van der Waals surface area contributed by atoms with Crippen molar-refractivity contribution in [1.29, 1.82) is 0 Å². The normalized spacial score (nSPS) is 22.6. The Labute approximate surface area is 151 Å². The third kappa shape index (κ3) is 5.47. The number of nitrogens with zero attached hydrogens (tertiary/aromatic N) is 1. The number of halogens is 1. The predicted octanol–water partition coefficient (Wildman–Crippen LogP) is 3.28. The SMILES string of the molecule is CC1CCCN(Cc2ccc(NC(=O)C3CCNCC3)cc2)C1.Cl. The number of carbonyl (C=O) groups is 1. The summed E-state index contributed by atoms with van der Waals surface area (Å²) in [7, 11) is 0. The van der Waals surface area contributed by atoms with E-state index in [1.54, 1.807) is 0 Å². The Morgan fingerprint density at radius 1 is 1.21 bits per heavy atom. The van der Waals surface area contributed by atoms with Crippen molar-refractivity contribution in [2.75, 3.05) is 31.5 Å². The van der Waals surface area contributed by atoms with Crippen molar-refractivity contribution in [2.45, 2.75) is 39.2 Å². The molecule has 4 nitrogen and oxygen atoms in total. The fourth-order valence-corrected chi connectivity index (χ4v) is 3.71. The monoisotopic (exact) mass is 351 g/mol. The first kappa shape index (κ1) is 19.2. The van der Waals surface area contributed by atoms with Gasteiger partial charge in [0.2, 0.25) is 5.91 Å². The Bertz CT molecular complexity index is 514. The largest absolute Gasteiger partial charge is 0.326 e. The number of anilines is 1. The van der Waals surface area contributed by atoms with Crippen LogP contribution in [0.25, 0.3) is 0 Å². The third-order valence-corrected chi connectivity index (χ3v) is 5.08. The van der Waals surface area contributed by atoms with Crippen molar-refractivity contribution in [3.05, 3.63) is 29.8 Å². The van der Waals surface area contributed by atoms with E-state index in [0.29, 0.717) is 0 Å². The number of likely N-dealkylation sites (tertiary alicyclic amines) is 1. The standard InChI is InChI=1S/C19H29N3O.ClH/c1-15-3-2-12-22(13-15)14-16-4-6-18(7-5-16)21-19(23)17-8-10-20-11-9-17;/h4-7,15,17,20H,2-3,8-14H2,1H3,(H,21,23);1H. The van der Waals surface area contributed by atoms with Gasteiger partial charge in [-0.3, -0.25) is 9.69 Å². The molecular weight excluding hydrogens is 322 g/mol. The molecule has 3 rings (SSSR count). The van der Waals surface area contributed by atoms with Gasteiger partial charge in [0.25, 0.3) is 0 Å². The van der Waals surface area contributed by atoms with E-state index in [0.717, 1.165) is 44.1 Å². The fraction of sp³-hybridized carbons (Fsp3) is 0.632. The molecule has 1 unspecified atom stereocenters. The molecule has 2 heterocycles. The molecule has 0 aromatic heterocycles. The van der Waals surface area contributed by atoms with Crippen molar-refractivity contribution in [2.24, 2.45) is 11.8 Å². The van der Waals surface area contributed by atoms with Gasteiger partial charge in [-0.15, -0.1) is 12.4 Å². The van der Waals surface area contributed by atoms with Crippen molar-refractivity contribution in [1.82, 2.24) is 10.2 Å². The van der Waals surface area contributed by atoms with E-state index >= 15 is 0 Å². The minimum atomic E-state index is 0. The van der Waals surface area contributed by atoms with Crippen LogP contribution in [-0.2, 0) is 11.3 Å². The van der Waals surface area contributed by atoms with Crippen molar-refractivity contribution in [3.8, 4) is 0 Å². The maximum atomic E-state index is 12.3. The maximum Gasteiger partial charge on any atom is 0.227 e. The highest BCUT2D eigenvalue weighted by atomic mass is 35.5. The number of carbonyl (C=O) groups excluding carboxylic acids is 1. The van der Waals surface area contributed by atoms with E-state index < -0.39 is 0 Å². The second kappa shape index (κ2) is 9.40. The summed E-state index contributed by atoms with van der Waals surface area (Å²) < 4.78 is 0. The molecule has 0 aliphatic carbocycles. The molecule has 0 saturated carbocycles. The van der Waals surface area contributed by atoms with Gasteiger partial charge in [0.15, 0.2) is 0 Å². The van der Waals surface area contributed by atoms with Crippen LogP contribution in [0.15, 0.2) is 24.3 Å². The summed E-state index contributed by atoms with van der Waals surface area (Å²) in [6.45, 7) is 7.67. The zero-order valence-corrected chi connectivity index (χ0v) is 15.4. The molecule has 2 aliphatic heterocycles. The highest BCUT2D eigenvalue weighted by Crippen LogP contribution is 2.20. The zero-order chi connectivity index (χ0) is 16.1. The molecule has 1 aromatic rings. The number of nitrogens with one attached hydrogen (secondary N) is 2. The van der Waals surface area contributed by atoms with Crippen LogP contribution in [0.1, 0.15) is 38.2 Å². The molecule has 1 atom stereocenters. The topological polar surface area (TPSA) is 44.4 Å². The smallest absolute Gasteiger partial charge is 0.227 e. The van der Waals surface area contributed by atoms with Crippen LogP contribution in [-0.4, -0.2) is 37.0 Å². The van der Waals surface area contributed by atoms with Gasteiger partial charge in [0.1, 0.15) is 0 Å². The predicted molar refractivity (Wildman–Crippen MR) is 102 cm³/mol. The summed E-state index contributed by atoms with van der Waals surface area (Å²) in [6.07, 6.45) is 4.55. The number of hydrogen-bond acceptors (Lipinski definition) is 3. The lowest BCUT2D eigenvalue weighted by atomic mass is 9.97. The number of benzene rings is 1. The van der Waals surface area contributed by atoms with Crippen molar-refractivity contribution in [3.63, 3.8) is 0 Å². The first-order chi connectivity index (χ1) is 11.2. The van der Waals surface area contributed by atoms with E-state index in [1.807, 2.05) is 12.1 Å². The fourth-order valence-electron chi connectivity index (χ4n) is 3.71. The van der Waals surface area contributed by atoms with Gasteiger partial charge in [0, 0.05) is 24.7 Å². The zero-order valence-electron chi connectivity index (χ0n) is 14.6. The molecule has 24 heavy (non-hydrogen) atoms. The number of piperidine rings is 2. The second-order valence-corrected chi connectivity index (χ2v) is 7.19. The average Bonchev–Trinajstić information content (AvgIpc) is 2.57. The second-order valence-electron chi connectivity index (χ2n) is 7.19. The maximum absolute atomic E-state index is 12.3. The quantitative estimate of drug-likeness (QED) is 0.875. The lowest BCUT2D eigenvalue weighted by Gasteiger charge is -2.30. The molecule has 2 aliphatic rings. The molecule has 2 fully saturated rings. The Hall–Kier alpha value is -1.10. The van der Waals surface area contributed by atoms with Gasteiger partial charge >= 0.3 is 0 Å². The van der Waals surface area contributed by atoms with Crippen LogP contribution in [0.5, 0.6) is 0 Å². The highest BCUT2D eigenvalue weighted by molar-refractivity contribution is 5.92. The van der Waals surface area contributed by atoms with Crippen molar-refractivity contribution < 1.29 is 4.79 Å². The lowest BCUT2D eigenvalue weighted by molar-refractivity contribution is -0.120. The minimum absolute atomic E-state index is 0. The molecule has 134 valence electrons. The Kier molecular flexibility index (Phi) is 7.53. The van der Waals surface area contributed by atoms with E-state index in [-0.39, 0.29) is 24.2 Å². The highest BCUT2D eigenvalue weighted by Gasteiger charge is 2.21. The summed E-state index contributed by atoms with van der Waals surface area (Å²) in [5.41, 5.74) is 2.25. The molecule has 0 radical (unpaired) electrons. The van der Waals surface area contributed by atoms with E-state index in [4.69, 9.17) is 0 Å². The molecule has 1 aromatic carbocycles. The van der Waals surface area contributed by atoms with Gasteiger partial charge in [0.05, 0.1) is 0 Å². The van der Waals surface area contributed by atoms with E-state index in [9.17, 15) is 4.79 Å². The molecule has 1 amide bonds. The summed E-state index contributed by atoms with van der Waals surface area (Å²) in [5, 5.41) is 6.37. The van der Waals surface area contributed by atoms with Crippen LogP contribution < -0.4 is 10.6 Å². The summed E-state index contributed by atoms with van der Waals surface area (Å²) in [4.78, 5) is 14.8. The van der Waals surface area contributed by atoms with Crippen LogP contribution in [0, 0.1) is 11.8 Å². The first-order valence-corrected chi connectivity index (χ1v) is 9.03. The van der Waals surface area contributed by atoms with E-state index in [2.05, 4.69) is 34.6 Å². The Morgan fingerprint density at radius 3 is 2.58 bits per heavy atom. The molecule has 2 N–H and O–H groups in total. The van der Waals surface area contributed by atoms with Gasteiger partial charge in [-0.25, -0.2) is 0 Å². The van der Waals surface area contributed by atoms with Gasteiger partial charge < -0.3 is 10.6 Å². The number of amides is 1. The van der Waals surface area contributed by atoms with Crippen LogP contribution in [0.3, 0.4) is 0 Å². The van der Waals surface area contributed by atoms with Crippen molar-refractivity contribution >= 4 is 24.0 Å². The van der Waals surface area contributed by atoms with Gasteiger partial charge in [-0.2, -0.15) is 0 Å². The molecular formula is C19H30ClN3O. The summed E-state index contributed by atoms with van der Waals surface area (Å²) in [5.74, 6) is 1.14. The minimum Gasteiger partial charge on any atom is -0.326 e. The Morgan fingerprint density at radius 2 is 1.92 bits per heavy atom. The summed E-state index contributed by atoms with van der Waals surface area (Å²) in [6, 6.07) is 8.39.